The van der Waals surface area contributed by atoms with E-state index in [1.807, 2.05) is 35.8 Å². The Labute approximate surface area is 166 Å². The van der Waals surface area contributed by atoms with E-state index in [9.17, 15) is 9.59 Å². The number of carbonyl (C=O) groups excluding carboxylic acids is 1. The molecule has 1 atom stereocenters. The molecule has 1 N–H and O–H groups in total. The summed E-state index contributed by atoms with van der Waals surface area (Å²) in [6.45, 7) is 2.77. The molecule has 1 aromatic heterocycles. The molecule has 28 heavy (non-hydrogen) atoms. The Balaban J connectivity index is 1.68. The molecule has 0 spiro atoms. The lowest BCUT2D eigenvalue weighted by Gasteiger charge is -2.26. The number of amides is 1. The fourth-order valence-electron chi connectivity index (χ4n) is 3.42. The minimum Gasteiger partial charge on any atom is -0.497 e. The number of rotatable bonds is 4. The third kappa shape index (κ3) is 3.20. The van der Waals surface area contributed by atoms with Gasteiger partial charge in [0, 0.05) is 12.7 Å². The van der Waals surface area contributed by atoms with E-state index in [4.69, 9.17) is 21.1 Å². The minimum atomic E-state index is -0.438. The van der Waals surface area contributed by atoms with E-state index >= 15 is 0 Å². The molecule has 0 aliphatic carbocycles. The van der Waals surface area contributed by atoms with Crippen LogP contribution in [-0.2, 0) is 13.1 Å². The maximum absolute atomic E-state index is 13.0. The molecule has 1 amide bonds. The molecule has 3 aromatic rings. The van der Waals surface area contributed by atoms with Gasteiger partial charge in [-0.25, -0.2) is 0 Å². The molecule has 1 aliphatic rings. The molecule has 0 bridgehead atoms. The van der Waals surface area contributed by atoms with Crippen LogP contribution in [0.25, 0.3) is 10.9 Å². The van der Waals surface area contributed by atoms with Crippen LogP contribution in [0.3, 0.4) is 0 Å². The summed E-state index contributed by atoms with van der Waals surface area (Å²) < 4.78 is 12.8. The molecule has 1 aliphatic heterocycles. The Hall–Kier alpha value is -2.99. The summed E-state index contributed by atoms with van der Waals surface area (Å²) >= 11 is 6.29. The van der Waals surface area contributed by atoms with Gasteiger partial charge in [0.2, 0.25) is 5.43 Å². The van der Waals surface area contributed by atoms with Crippen molar-refractivity contribution in [2.75, 3.05) is 7.11 Å². The van der Waals surface area contributed by atoms with Crippen LogP contribution in [0.15, 0.2) is 47.4 Å². The van der Waals surface area contributed by atoms with Gasteiger partial charge in [-0.15, -0.1) is 0 Å². The molecule has 6 nitrogen and oxygen atoms in total. The fraction of sp³-hybridized carbons (Fsp3) is 0.238. The van der Waals surface area contributed by atoms with Crippen LogP contribution in [0.4, 0.5) is 0 Å². The first-order valence-corrected chi connectivity index (χ1v) is 9.29. The lowest BCUT2D eigenvalue weighted by Crippen LogP contribution is -2.32. The van der Waals surface area contributed by atoms with Crippen LogP contribution >= 0.6 is 11.6 Å². The van der Waals surface area contributed by atoms with Crippen LogP contribution in [0.1, 0.15) is 22.8 Å². The molecule has 0 fully saturated rings. The van der Waals surface area contributed by atoms with Crippen molar-refractivity contribution in [3.8, 4) is 11.5 Å². The van der Waals surface area contributed by atoms with Crippen molar-refractivity contribution < 1.29 is 14.3 Å². The first-order chi connectivity index (χ1) is 13.5. The second-order valence-corrected chi connectivity index (χ2v) is 7.16. The quantitative estimate of drug-likeness (QED) is 0.731. The number of ether oxygens (including phenoxy) is 2. The molecule has 2 aromatic carbocycles. The van der Waals surface area contributed by atoms with Crippen molar-refractivity contribution in [2.45, 2.75) is 26.1 Å². The van der Waals surface area contributed by atoms with Crippen LogP contribution in [0.2, 0.25) is 5.02 Å². The summed E-state index contributed by atoms with van der Waals surface area (Å²) in [6, 6.07) is 10.7. The summed E-state index contributed by atoms with van der Waals surface area (Å²) in [7, 11) is 1.60. The van der Waals surface area contributed by atoms with E-state index in [2.05, 4.69) is 5.32 Å². The van der Waals surface area contributed by atoms with Gasteiger partial charge < -0.3 is 19.4 Å². The van der Waals surface area contributed by atoms with Crippen molar-refractivity contribution in [3.63, 3.8) is 0 Å². The average Bonchev–Trinajstić information content (AvgIpc) is 2.70. The molecule has 0 radical (unpaired) electrons. The van der Waals surface area contributed by atoms with Gasteiger partial charge in [0.05, 0.1) is 29.6 Å². The second-order valence-electron chi connectivity index (χ2n) is 6.75. The standard InChI is InChI=1S/C21H19ClN2O4/c1-12-10-24-11-15(20(25)18-16(22)7-8-17(28-12)19(18)24)21(26)23-9-13-3-5-14(27-2)6-4-13/h3-8,11-12H,9-10H2,1-2H3,(H,23,26)/t12-/m0/s1. The monoisotopic (exact) mass is 398 g/mol. The Bertz CT molecular complexity index is 1120. The van der Waals surface area contributed by atoms with E-state index in [1.165, 1.54) is 0 Å². The van der Waals surface area contributed by atoms with Gasteiger partial charge in [-0.2, -0.15) is 0 Å². The minimum absolute atomic E-state index is 0.0640. The zero-order valence-corrected chi connectivity index (χ0v) is 16.2. The number of nitrogens with zero attached hydrogens (tertiary/aromatic N) is 1. The number of nitrogens with one attached hydrogen (secondary N) is 1. The van der Waals surface area contributed by atoms with Crippen molar-refractivity contribution in [1.29, 1.82) is 0 Å². The molecule has 4 rings (SSSR count). The summed E-state index contributed by atoms with van der Waals surface area (Å²) in [6.07, 6.45) is 1.52. The van der Waals surface area contributed by atoms with E-state index in [0.29, 0.717) is 34.8 Å². The number of pyridine rings is 1. The highest BCUT2D eigenvalue weighted by molar-refractivity contribution is 6.35. The van der Waals surface area contributed by atoms with Gasteiger partial charge in [0.15, 0.2) is 0 Å². The van der Waals surface area contributed by atoms with E-state index in [1.54, 1.807) is 25.4 Å². The Morgan fingerprint density at radius 2 is 2.04 bits per heavy atom. The first-order valence-electron chi connectivity index (χ1n) is 8.91. The molecule has 0 unspecified atom stereocenters. The molecule has 2 heterocycles. The summed E-state index contributed by atoms with van der Waals surface area (Å²) in [5, 5.41) is 3.42. The van der Waals surface area contributed by atoms with E-state index in [-0.39, 0.29) is 11.7 Å². The average molecular weight is 399 g/mol. The van der Waals surface area contributed by atoms with Gasteiger partial charge in [0.25, 0.3) is 5.91 Å². The van der Waals surface area contributed by atoms with Crippen LogP contribution in [0, 0.1) is 0 Å². The van der Waals surface area contributed by atoms with Gasteiger partial charge in [-0.1, -0.05) is 23.7 Å². The number of hydrogen-bond acceptors (Lipinski definition) is 4. The SMILES string of the molecule is COc1ccc(CNC(=O)c2cn3c4c(ccc(Cl)c4c2=O)O[C@@H](C)C3)cc1. The summed E-state index contributed by atoms with van der Waals surface area (Å²) in [5.41, 5.74) is 1.19. The Morgan fingerprint density at radius 3 is 2.75 bits per heavy atom. The molecule has 0 saturated heterocycles. The molecule has 144 valence electrons. The predicted molar refractivity (Wildman–Crippen MR) is 107 cm³/mol. The number of benzene rings is 2. The lowest BCUT2D eigenvalue weighted by molar-refractivity contribution is 0.0948. The smallest absolute Gasteiger partial charge is 0.257 e. The van der Waals surface area contributed by atoms with Crippen LogP contribution in [-0.4, -0.2) is 23.7 Å². The lowest BCUT2D eigenvalue weighted by atomic mass is 10.1. The van der Waals surface area contributed by atoms with Crippen LogP contribution in [0.5, 0.6) is 11.5 Å². The Morgan fingerprint density at radius 1 is 1.29 bits per heavy atom. The normalized spacial score (nSPS) is 15.2. The van der Waals surface area contributed by atoms with Crippen molar-refractivity contribution in [2.24, 2.45) is 0 Å². The van der Waals surface area contributed by atoms with Crippen molar-refractivity contribution >= 4 is 28.4 Å². The molecule has 7 heteroatoms. The molecular formula is C21H19ClN2O4. The zero-order valence-electron chi connectivity index (χ0n) is 15.5. The maximum Gasteiger partial charge on any atom is 0.257 e. The topological polar surface area (TPSA) is 69.6 Å². The zero-order chi connectivity index (χ0) is 19.8. The van der Waals surface area contributed by atoms with Gasteiger partial charge in [-0.05, 0) is 36.8 Å². The third-order valence-corrected chi connectivity index (χ3v) is 5.09. The highest BCUT2D eigenvalue weighted by Crippen LogP contribution is 2.33. The second kappa shape index (κ2) is 7.20. The fourth-order valence-corrected chi connectivity index (χ4v) is 3.65. The Kier molecular flexibility index (Phi) is 4.73. The number of hydrogen-bond donors (Lipinski definition) is 1. The predicted octanol–water partition coefficient (Wildman–Crippen LogP) is 3.37. The summed E-state index contributed by atoms with van der Waals surface area (Å²) in [5.74, 6) is 0.899. The number of carbonyl (C=O) groups is 1. The highest BCUT2D eigenvalue weighted by atomic mass is 35.5. The molecule has 0 saturated carbocycles. The number of methoxy groups -OCH3 is 1. The van der Waals surface area contributed by atoms with Crippen molar-refractivity contribution in [3.05, 3.63) is 69.0 Å². The van der Waals surface area contributed by atoms with Crippen molar-refractivity contribution in [1.82, 2.24) is 9.88 Å². The third-order valence-electron chi connectivity index (χ3n) is 4.77. The first kappa shape index (κ1) is 18.4. The van der Waals surface area contributed by atoms with Gasteiger partial charge in [-0.3, -0.25) is 9.59 Å². The number of halogens is 1. The van der Waals surface area contributed by atoms with E-state index in [0.717, 1.165) is 11.3 Å². The summed E-state index contributed by atoms with van der Waals surface area (Å²) in [4.78, 5) is 25.7. The maximum atomic E-state index is 13.0. The highest BCUT2D eigenvalue weighted by Gasteiger charge is 2.24. The van der Waals surface area contributed by atoms with Gasteiger partial charge in [0.1, 0.15) is 23.2 Å². The van der Waals surface area contributed by atoms with Crippen LogP contribution < -0.4 is 20.2 Å². The van der Waals surface area contributed by atoms with Gasteiger partial charge >= 0.3 is 0 Å². The largest absolute Gasteiger partial charge is 0.497 e. The number of aromatic nitrogens is 1. The molecular weight excluding hydrogens is 380 g/mol. The van der Waals surface area contributed by atoms with E-state index < -0.39 is 11.3 Å².